The number of fused-ring (bicyclic) bond motifs is 1. The zero-order valence-electron chi connectivity index (χ0n) is 9.68. The van der Waals surface area contributed by atoms with E-state index in [1.807, 2.05) is 0 Å². The predicted molar refractivity (Wildman–Crippen MR) is 75.1 cm³/mol. The van der Waals surface area contributed by atoms with Crippen molar-refractivity contribution < 1.29 is 4.42 Å². The van der Waals surface area contributed by atoms with Crippen LogP contribution < -0.4 is 5.32 Å². The molecule has 5 heteroatoms. The SMILES string of the molecule is c1nc(CNC2CC2)c(-c2cc3sccc3s2)o1. The van der Waals surface area contributed by atoms with Gasteiger partial charge in [0, 0.05) is 22.0 Å². The van der Waals surface area contributed by atoms with E-state index in [1.165, 1.54) is 27.1 Å². The fraction of sp³-hybridized carbons (Fsp3) is 0.308. The van der Waals surface area contributed by atoms with Crippen molar-refractivity contribution >= 4 is 32.1 Å². The Morgan fingerprint density at radius 3 is 3.17 bits per heavy atom. The first-order valence-corrected chi connectivity index (χ1v) is 7.73. The van der Waals surface area contributed by atoms with Crippen LogP contribution in [0, 0.1) is 0 Å². The fourth-order valence-corrected chi connectivity index (χ4v) is 4.12. The van der Waals surface area contributed by atoms with Crippen molar-refractivity contribution in [2.45, 2.75) is 25.4 Å². The number of nitrogens with one attached hydrogen (secondary N) is 1. The Morgan fingerprint density at radius 2 is 2.33 bits per heavy atom. The molecule has 0 aromatic carbocycles. The van der Waals surface area contributed by atoms with Crippen molar-refractivity contribution in [3.63, 3.8) is 0 Å². The minimum absolute atomic E-state index is 0.696. The molecule has 0 bridgehead atoms. The predicted octanol–water partition coefficient (Wildman–Crippen LogP) is 3.87. The van der Waals surface area contributed by atoms with E-state index in [4.69, 9.17) is 4.42 Å². The molecule has 0 spiro atoms. The largest absolute Gasteiger partial charge is 0.442 e. The molecule has 1 aliphatic carbocycles. The number of hydrogen-bond acceptors (Lipinski definition) is 5. The molecule has 3 nitrogen and oxygen atoms in total. The molecule has 1 N–H and O–H groups in total. The van der Waals surface area contributed by atoms with E-state index in [-0.39, 0.29) is 0 Å². The summed E-state index contributed by atoms with van der Waals surface area (Å²) in [7, 11) is 0. The van der Waals surface area contributed by atoms with Crippen molar-refractivity contribution in [1.29, 1.82) is 0 Å². The van der Waals surface area contributed by atoms with E-state index in [2.05, 4.69) is 27.8 Å². The van der Waals surface area contributed by atoms with Gasteiger partial charge in [-0.25, -0.2) is 4.98 Å². The molecule has 0 radical (unpaired) electrons. The monoisotopic (exact) mass is 276 g/mol. The van der Waals surface area contributed by atoms with Gasteiger partial charge in [0.05, 0.1) is 4.88 Å². The molecule has 1 aliphatic rings. The molecule has 0 amide bonds. The Kier molecular flexibility index (Phi) is 2.50. The van der Waals surface area contributed by atoms with Gasteiger partial charge in [0.2, 0.25) is 0 Å². The van der Waals surface area contributed by atoms with Crippen molar-refractivity contribution in [1.82, 2.24) is 10.3 Å². The summed E-state index contributed by atoms with van der Waals surface area (Å²) in [6, 6.07) is 5.06. The zero-order valence-corrected chi connectivity index (χ0v) is 11.3. The number of nitrogens with zero attached hydrogens (tertiary/aromatic N) is 1. The molecule has 3 aromatic heterocycles. The number of aromatic nitrogens is 1. The maximum atomic E-state index is 5.57. The first-order chi connectivity index (χ1) is 8.90. The summed E-state index contributed by atoms with van der Waals surface area (Å²) in [6.07, 6.45) is 4.14. The summed E-state index contributed by atoms with van der Waals surface area (Å²) >= 11 is 3.55. The van der Waals surface area contributed by atoms with Gasteiger partial charge < -0.3 is 9.73 Å². The molecule has 3 heterocycles. The third-order valence-electron chi connectivity index (χ3n) is 3.14. The molecule has 1 saturated carbocycles. The summed E-state index contributed by atoms with van der Waals surface area (Å²) in [5, 5.41) is 5.61. The minimum Gasteiger partial charge on any atom is -0.442 e. The molecule has 3 aromatic rings. The normalized spacial score (nSPS) is 15.6. The maximum absolute atomic E-state index is 5.57. The second-order valence-electron chi connectivity index (χ2n) is 4.54. The van der Waals surface area contributed by atoms with Crippen molar-refractivity contribution in [3.05, 3.63) is 29.6 Å². The van der Waals surface area contributed by atoms with Crippen LogP contribution in [-0.4, -0.2) is 11.0 Å². The van der Waals surface area contributed by atoms with Gasteiger partial charge >= 0.3 is 0 Å². The molecule has 0 atom stereocenters. The van der Waals surface area contributed by atoms with Gasteiger partial charge in [-0.1, -0.05) is 0 Å². The zero-order chi connectivity index (χ0) is 11.9. The number of thiophene rings is 2. The summed E-state index contributed by atoms with van der Waals surface area (Å²) in [5.41, 5.74) is 1.02. The van der Waals surface area contributed by atoms with Gasteiger partial charge in [-0.05, 0) is 30.4 Å². The maximum Gasteiger partial charge on any atom is 0.181 e. The summed E-state index contributed by atoms with van der Waals surface area (Å²) < 4.78 is 8.22. The van der Waals surface area contributed by atoms with Crippen LogP contribution in [0.5, 0.6) is 0 Å². The van der Waals surface area contributed by atoms with E-state index < -0.39 is 0 Å². The number of hydrogen-bond donors (Lipinski definition) is 1. The molecule has 92 valence electrons. The molecule has 4 rings (SSSR count). The Hall–Kier alpha value is -1.17. The lowest BCUT2D eigenvalue weighted by Crippen LogP contribution is -2.15. The van der Waals surface area contributed by atoms with Crippen molar-refractivity contribution in [3.8, 4) is 10.6 Å². The van der Waals surface area contributed by atoms with Crippen LogP contribution in [0.15, 0.2) is 28.3 Å². The molecule has 0 unspecified atom stereocenters. The van der Waals surface area contributed by atoms with Crippen molar-refractivity contribution in [2.75, 3.05) is 0 Å². The topological polar surface area (TPSA) is 38.1 Å². The average molecular weight is 276 g/mol. The minimum atomic E-state index is 0.696. The van der Waals surface area contributed by atoms with E-state index in [0.29, 0.717) is 6.04 Å². The van der Waals surface area contributed by atoms with Crippen LogP contribution >= 0.6 is 22.7 Å². The van der Waals surface area contributed by atoms with E-state index in [9.17, 15) is 0 Å². The third kappa shape index (κ3) is 1.88. The van der Waals surface area contributed by atoms with E-state index in [1.54, 1.807) is 29.1 Å². The third-order valence-corrected chi connectivity index (χ3v) is 5.23. The smallest absolute Gasteiger partial charge is 0.181 e. The van der Waals surface area contributed by atoms with Gasteiger partial charge in [-0.15, -0.1) is 22.7 Å². The fourth-order valence-electron chi connectivity index (χ4n) is 2.00. The first kappa shape index (κ1) is 10.7. The van der Waals surface area contributed by atoms with E-state index in [0.717, 1.165) is 18.0 Å². The number of rotatable bonds is 4. The Balaban J connectivity index is 1.66. The van der Waals surface area contributed by atoms with Gasteiger partial charge in [0.25, 0.3) is 0 Å². The molecule has 0 aliphatic heterocycles. The highest BCUT2D eigenvalue weighted by Gasteiger charge is 2.22. The summed E-state index contributed by atoms with van der Waals surface area (Å²) in [4.78, 5) is 5.51. The molecule has 18 heavy (non-hydrogen) atoms. The number of oxazole rings is 1. The van der Waals surface area contributed by atoms with Crippen LogP contribution in [-0.2, 0) is 6.54 Å². The van der Waals surface area contributed by atoms with Crippen LogP contribution in [0.3, 0.4) is 0 Å². The lowest BCUT2D eigenvalue weighted by molar-refractivity contribution is 0.571. The Bertz CT molecular complexity index is 649. The lowest BCUT2D eigenvalue weighted by atomic mass is 10.3. The average Bonchev–Trinajstić information content (AvgIpc) is 2.78. The van der Waals surface area contributed by atoms with Crippen LogP contribution in [0.1, 0.15) is 18.5 Å². The highest BCUT2D eigenvalue weighted by molar-refractivity contribution is 7.28. The second kappa shape index (κ2) is 4.19. The Morgan fingerprint density at radius 1 is 1.39 bits per heavy atom. The Labute approximate surface area is 112 Å². The van der Waals surface area contributed by atoms with Crippen LogP contribution in [0.4, 0.5) is 0 Å². The van der Waals surface area contributed by atoms with Gasteiger partial charge in [-0.2, -0.15) is 0 Å². The molecular formula is C13H12N2OS2. The van der Waals surface area contributed by atoms with Crippen LogP contribution in [0.25, 0.3) is 20.0 Å². The molecule has 1 fully saturated rings. The van der Waals surface area contributed by atoms with Gasteiger partial charge in [0.1, 0.15) is 5.69 Å². The second-order valence-corrected chi connectivity index (χ2v) is 6.57. The van der Waals surface area contributed by atoms with E-state index >= 15 is 0 Å². The molecule has 0 saturated heterocycles. The highest BCUT2D eigenvalue weighted by atomic mass is 32.1. The van der Waals surface area contributed by atoms with Gasteiger partial charge in [0.15, 0.2) is 12.2 Å². The summed E-state index contributed by atoms with van der Waals surface area (Å²) in [5.74, 6) is 0.927. The molecular weight excluding hydrogens is 264 g/mol. The first-order valence-electron chi connectivity index (χ1n) is 6.03. The summed E-state index contributed by atoms with van der Waals surface area (Å²) in [6.45, 7) is 0.808. The lowest BCUT2D eigenvalue weighted by Gasteiger charge is -2.00. The van der Waals surface area contributed by atoms with Gasteiger partial charge in [-0.3, -0.25) is 0 Å². The standard InChI is InChI=1S/C13H12N2OS2/c1-2-8(1)14-6-9-13(16-7-15-9)12-5-11-10(18-12)3-4-17-11/h3-5,7-8,14H,1-2,6H2. The quantitative estimate of drug-likeness (QED) is 0.786. The van der Waals surface area contributed by atoms with Crippen molar-refractivity contribution in [2.24, 2.45) is 0 Å². The highest BCUT2D eigenvalue weighted by Crippen LogP contribution is 2.37. The van der Waals surface area contributed by atoms with Crippen LogP contribution in [0.2, 0.25) is 0 Å².